The van der Waals surface area contributed by atoms with Gasteiger partial charge in [0.05, 0.1) is 16.6 Å². The zero-order chi connectivity index (χ0) is 22.1. The van der Waals surface area contributed by atoms with Gasteiger partial charge in [-0.25, -0.2) is 9.49 Å². The van der Waals surface area contributed by atoms with E-state index in [0.29, 0.717) is 42.7 Å². The second-order valence-corrected chi connectivity index (χ2v) is 7.85. The van der Waals surface area contributed by atoms with Gasteiger partial charge in [-0.2, -0.15) is 5.10 Å². The molecule has 160 valence electrons. The molecule has 1 aliphatic heterocycles. The van der Waals surface area contributed by atoms with E-state index >= 15 is 0 Å². The largest absolute Gasteiger partial charge is 0.339 e. The first-order chi connectivity index (χ1) is 14.8. The average molecular weight is 422 g/mol. The molecule has 0 aliphatic carbocycles. The zero-order valence-corrected chi connectivity index (χ0v) is 17.4. The van der Waals surface area contributed by atoms with Crippen LogP contribution in [-0.2, 0) is 11.2 Å². The number of nitrogens with one attached hydrogen (secondary N) is 1. The van der Waals surface area contributed by atoms with Gasteiger partial charge in [0.15, 0.2) is 0 Å². The number of fused-ring (bicyclic) bond motifs is 1. The van der Waals surface area contributed by atoms with Crippen LogP contribution in [0.4, 0.5) is 4.39 Å². The van der Waals surface area contributed by atoms with Crippen molar-refractivity contribution in [2.24, 2.45) is 0 Å². The Kier molecular flexibility index (Phi) is 5.54. The predicted octanol–water partition coefficient (Wildman–Crippen LogP) is 2.35. The lowest BCUT2D eigenvalue weighted by Gasteiger charge is -2.39. The molecule has 31 heavy (non-hydrogen) atoms. The summed E-state index contributed by atoms with van der Waals surface area (Å²) in [5, 5.41) is 7.91. The van der Waals surface area contributed by atoms with E-state index in [4.69, 9.17) is 0 Å². The summed E-state index contributed by atoms with van der Waals surface area (Å²) in [5.74, 6) is -1.02. The Hall–Kier alpha value is -3.55. The third-order valence-electron chi connectivity index (χ3n) is 5.74. The van der Waals surface area contributed by atoms with Crippen LogP contribution in [0.25, 0.3) is 10.8 Å². The van der Waals surface area contributed by atoms with Gasteiger partial charge in [-0.3, -0.25) is 14.4 Å². The Morgan fingerprint density at radius 3 is 2.61 bits per heavy atom. The van der Waals surface area contributed by atoms with Gasteiger partial charge < -0.3 is 9.80 Å². The van der Waals surface area contributed by atoms with E-state index in [9.17, 15) is 18.8 Å². The van der Waals surface area contributed by atoms with E-state index < -0.39 is 11.7 Å². The quantitative estimate of drug-likeness (QED) is 0.702. The van der Waals surface area contributed by atoms with Crippen molar-refractivity contribution in [3.63, 3.8) is 0 Å². The minimum atomic E-state index is -0.589. The van der Waals surface area contributed by atoms with Gasteiger partial charge in [-0.05, 0) is 30.7 Å². The molecule has 0 bridgehead atoms. The number of nitrogens with zero attached hydrogens (tertiary/aromatic N) is 3. The second-order valence-electron chi connectivity index (χ2n) is 7.85. The van der Waals surface area contributed by atoms with Crippen molar-refractivity contribution in [2.45, 2.75) is 26.3 Å². The normalized spacial score (nSPS) is 16.5. The second kappa shape index (κ2) is 8.29. The average Bonchev–Trinajstić information content (AvgIpc) is 2.76. The number of carbonyl (C=O) groups excluding carboxylic acids is 2. The van der Waals surface area contributed by atoms with Crippen LogP contribution in [0.5, 0.6) is 0 Å². The van der Waals surface area contributed by atoms with Crippen LogP contribution in [0, 0.1) is 5.82 Å². The number of hydrogen-bond acceptors (Lipinski definition) is 4. The fraction of sp³-hybridized carbons (Fsp3) is 0.304. The summed E-state index contributed by atoms with van der Waals surface area (Å²) in [7, 11) is 0. The number of hydrogen-bond donors (Lipinski definition) is 1. The van der Waals surface area contributed by atoms with Crippen LogP contribution in [0.1, 0.15) is 35.5 Å². The maximum atomic E-state index is 14.6. The first kappa shape index (κ1) is 20.7. The van der Waals surface area contributed by atoms with Crippen LogP contribution >= 0.6 is 0 Å². The first-order valence-electron chi connectivity index (χ1n) is 10.2. The van der Waals surface area contributed by atoms with E-state index in [2.05, 4.69) is 10.2 Å². The summed E-state index contributed by atoms with van der Waals surface area (Å²) in [6, 6.07) is 11.4. The van der Waals surface area contributed by atoms with Crippen molar-refractivity contribution in [3.05, 3.63) is 75.5 Å². The van der Waals surface area contributed by atoms with E-state index in [1.54, 1.807) is 34.1 Å². The third kappa shape index (κ3) is 4.05. The molecule has 8 heteroatoms. The minimum Gasteiger partial charge on any atom is -0.339 e. The van der Waals surface area contributed by atoms with Gasteiger partial charge >= 0.3 is 0 Å². The Morgan fingerprint density at radius 1 is 1.16 bits per heavy atom. The molecular formula is C23H23FN4O3. The predicted molar refractivity (Wildman–Crippen MR) is 114 cm³/mol. The smallest absolute Gasteiger partial charge is 0.272 e. The van der Waals surface area contributed by atoms with E-state index in [1.807, 2.05) is 19.1 Å². The highest BCUT2D eigenvalue weighted by atomic mass is 19.1. The lowest BCUT2D eigenvalue weighted by molar-refractivity contribution is -0.131. The van der Waals surface area contributed by atoms with Crippen molar-refractivity contribution >= 4 is 22.6 Å². The van der Waals surface area contributed by atoms with Gasteiger partial charge in [0.25, 0.3) is 11.5 Å². The van der Waals surface area contributed by atoms with E-state index in [1.165, 1.54) is 13.0 Å². The number of rotatable bonds is 3. The monoisotopic (exact) mass is 422 g/mol. The summed E-state index contributed by atoms with van der Waals surface area (Å²) in [5.41, 5.74) is 1.08. The molecule has 0 saturated carbocycles. The van der Waals surface area contributed by atoms with Gasteiger partial charge in [-0.15, -0.1) is 0 Å². The van der Waals surface area contributed by atoms with Crippen LogP contribution in [0.15, 0.2) is 47.3 Å². The zero-order valence-electron chi connectivity index (χ0n) is 17.4. The fourth-order valence-electron chi connectivity index (χ4n) is 4.05. The number of carbonyl (C=O) groups is 2. The highest BCUT2D eigenvalue weighted by Crippen LogP contribution is 2.21. The van der Waals surface area contributed by atoms with Crippen LogP contribution in [-0.4, -0.2) is 57.5 Å². The molecule has 2 aromatic carbocycles. The van der Waals surface area contributed by atoms with Gasteiger partial charge in [-0.1, -0.05) is 24.3 Å². The fourth-order valence-corrected chi connectivity index (χ4v) is 4.05. The molecule has 1 N–H and O–H groups in total. The van der Waals surface area contributed by atoms with Gasteiger partial charge in [0, 0.05) is 44.4 Å². The van der Waals surface area contributed by atoms with Crippen molar-refractivity contribution in [2.75, 3.05) is 19.6 Å². The van der Waals surface area contributed by atoms with Crippen molar-refractivity contribution in [1.29, 1.82) is 0 Å². The molecule has 2 heterocycles. The van der Waals surface area contributed by atoms with Crippen LogP contribution < -0.4 is 5.56 Å². The molecule has 1 saturated heterocycles. The molecule has 2 amide bonds. The Labute approximate surface area is 178 Å². The Morgan fingerprint density at radius 2 is 1.90 bits per heavy atom. The molecular weight excluding hydrogens is 399 g/mol. The van der Waals surface area contributed by atoms with E-state index in [0.717, 1.165) is 5.39 Å². The number of aromatic nitrogens is 2. The maximum absolute atomic E-state index is 14.6. The summed E-state index contributed by atoms with van der Waals surface area (Å²) >= 11 is 0. The third-order valence-corrected chi connectivity index (χ3v) is 5.74. The van der Waals surface area contributed by atoms with Crippen molar-refractivity contribution in [3.8, 4) is 0 Å². The highest BCUT2D eigenvalue weighted by Gasteiger charge is 2.30. The van der Waals surface area contributed by atoms with Crippen molar-refractivity contribution < 1.29 is 14.0 Å². The topological polar surface area (TPSA) is 86.4 Å². The Balaban J connectivity index is 1.61. The summed E-state index contributed by atoms with van der Waals surface area (Å²) in [6.45, 7) is 4.57. The molecule has 1 fully saturated rings. The standard InChI is InChI=1S/C23H23FN4O3/c1-14-13-27(15(2)29)9-10-28(14)23(31)19-11-16(7-8-20(19)24)12-21-17-5-3-4-6-18(17)22(30)26-25-21/h3-8,11,14H,9-10,12-13H2,1-2H3,(H,26,30)/t14-/m0/s1. The van der Waals surface area contributed by atoms with Crippen molar-refractivity contribution in [1.82, 2.24) is 20.0 Å². The minimum absolute atomic E-state index is 0.00523. The molecule has 0 radical (unpaired) electrons. The van der Waals surface area contributed by atoms with E-state index in [-0.39, 0.29) is 23.1 Å². The van der Waals surface area contributed by atoms with Crippen LogP contribution in [0.3, 0.4) is 0 Å². The number of amides is 2. The summed E-state index contributed by atoms with van der Waals surface area (Å²) < 4.78 is 14.6. The van der Waals surface area contributed by atoms with Gasteiger partial charge in [0.2, 0.25) is 5.91 Å². The molecule has 1 atom stereocenters. The molecule has 0 unspecified atom stereocenters. The summed E-state index contributed by atoms with van der Waals surface area (Å²) in [6.07, 6.45) is 0.339. The number of halogens is 1. The molecule has 4 rings (SSSR count). The Bertz CT molecular complexity index is 1220. The molecule has 1 aliphatic rings. The number of H-pyrrole nitrogens is 1. The SMILES string of the molecule is CC(=O)N1CCN(C(=O)c2cc(Cc3n[nH]c(=O)c4ccccc34)ccc2F)[C@@H](C)C1. The number of benzene rings is 2. The molecule has 3 aromatic rings. The van der Waals surface area contributed by atoms with Crippen LogP contribution in [0.2, 0.25) is 0 Å². The maximum Gasteiger partial charge on any atom is 0.272 e. The number of aromatic amines is 1. The lowest BCUT2D eigenvalue weighted by atomic mass is 10.0. The highest BCUT2D eigenvalue weighted by molar-refractivity contribution is 5.95. The summed E-state index contributed by atoms with van der Waals surface area (Å²) in [4.78, 5) is 40.0. The number of piperazine rings is 1. The first-order valence-corrected chi connectivity index (χ1v) is 10.2. The molecule has 7 nitrogen and oxygen atoms in total. The molecule has 0 spiro atoms. The lowest BCUT2D eigenvalue weighted by Crippen LogP contribution is -2.55. The van der Waals surface area contributed by atoms with Gasteiger partial charge in [0.1, 0.15) is 5.82 Å². The molecule has 1 aromatic heterocycles.